The van der Waals surface area contributed by atoms with Crippen molar-refractivity contribution in [2.45, 2.75) is 25.8 Å². The van der Waals surface area contributed by atoms with Gasteiger partial charge in [-0.2, -0.15) is 0 Å². The number of anilines is 1. The molecule has 1 unspecified atom stereocenters. The lowest BCUT2D eigenvalue weighted by atomic mass is 10.2. The lowest BCUT2D eigenvalue weighted by Crippen LogP contribution is -2.44. The van der Waals surface area contributed by atoms with E-state index >= 15 is 0 Å². The minimum atomic E-state index is 0.196. The monoisotopic (exact) mass is 275 g/mol. The number of carbonyl (C=O) groups excluding carboxylic acids is 1. The van der Waals surface area contributed by atoms with Crippen molar-refractivity contribution in [3.8, 4) is 0 Å². The summed E-state index contributed by atoms with van der Waals surface area (Å²) >= 11 is 0. The molecule has 1 aromatic rings. The highest BCUT2D eigenvalue weighted by atomic mass is 16.2. The molecule has 1 aliphatic heterocycles. The Labute approximate surface area is 121 Å². The first kappa shape index (κ1) is 15.0. The van der Waals surface area contributed by atoms with Crippen molar-refractivity contribution in [1.82, 2.24) is 10.2 Å². The summed E-state index contributed by atoms with van der Waals surface area (Å²) in [5.41, 5.74) is 0.990. The van der Waals surface area contributed by atoms with Gasteiger partial charge in [-0.25, -0.2) is 0 Å². The molecule has 1 N–H and O–H groups in total. The van der Waals surface area contributed by atoms with Crippen LogP contribution in [0.25, 0.3) is 0 Å². The molecule has 0 spiro atoms. The second-order valence-electron chi connectivity index (χ2n) is 5.30. The lowest BCUT2D eigenvalue weighted by Gasteiger charge is -2.27. The summed E-state index contributed by atoms with van der Waals surface area (Å²) in [7, 11) is 1.97. The molecule has 0 radical (unpaired) electrons. The molecule has 4 heteroatoms. The average molecular weight is 275 g/mol. The van der Waals surface area contributed by atoms with E-state index in [-0.39, 0.29) is 5.91 Å². The summed E-state index contributed by atoms with van der Waals surface area (Å²) in [5.74, 6) is 0.196. The number of likely N-dealkylation sites (tertiary alicyclic amines) is 1. The Balaban J connectivity index is 1.99. The van der Waals surface area contributed by atoms with Crippen molar-refractivity contribution in [2.24, 2.45) is 0 Å². The molecule has 20 heavy (non-hydrogen) atoms. The molecule has 110 valence electrons. The van der Waals surface area contributed by atoms with Crippen molar-refractivity contribution in [3.05, 3.63) is 30.3 Å². The fourth-order valence-electron chi connectivity index (χ4n) is 2.94. The fraction of sp³-hybridized carbons (Fsp3) is 0.562. The highest BCUT2D eigenvalue weighted by Gasteiger charge is 2.27. The maximum atomic E-state index is 12.5. The number of benzene rings is 1. The Kier molecular flexibility index (Phi) is 5.56. The van der Waals surface area contributed by atoms with E-state index in [1.165, 1.54) is 12.8 Å². The predicted molar refractivity (Wildman–Crippen MR) is 83.0 cm³/mol. The Morgan fingerprint density at radius 3 is 2.80 bits per heavy atom. The van der Waals surface area contributed by atoms with E-state index in [0.717, 1.165) is 18.8 Å². The zero-order valence-corrected chi connectivity index (χ0v) is 12.5. The van der Waals surface area contributed by atoms with E-state index in [1.807, 2.05) is 49.2 Å². The molecule has 4 nitrogen and oxygen atoms in total. The quantitative estimate of drug-likeness (QED) is 0.859. The summed E-state index contributed by atoms with van der Waals surface area (Å²) in [6.07, 6.45) is 2.38. The van der Waals surface area contributed by atoms with Crippen LogP contribution in [0.15, 0.2) is 30.3 Å². The molecule has 1 atom stereocenters. The predicted octanol–water partition coefficient (Wildman–Crippen LogP) is 1.72. The van der Waals surface area contributed by atoms with Crippen LogP contribution in [-0.4, -0.2) is 50.1 Å². The Bertz CT molecular complexity index is 421. The number of likely N-dealkylation sites (N-methyl/N-ethyl adjacent to an activating group) is 2. The van der Waals surface area contributed by atoms with E-state index in [0.29, 0.717) is 19.1 Å². The molecule has 0 saturated carbocycles. The van der Waals surface area contributed by atoms with E-state index in [9.17, 15) is 4.79 Å². The van der Waals surface area contributed by atoms with Gasteiger partial charge >= 0.3 is 0 Å². The summed E-state index contributed by atoms with van der Waals surface area (Å²) in [4.78, 5) is 16.7. The number of para-hydroxylation sites is 1. The number of amides is 1. The normalized spacial score (nSPS) is 19.2. The van der Waals surface area contributed by atoms with Gasteiger partial charge in [0, 0.05) is 24.8 Å². The van der Waals surface area contributed by atoms with Gasteiger partial charge in [-0.15, -0.1) is 0 Å². The molecule has 0 bridgehead atoms. The molecular weight excluding hydrogens is 250 g/mol. The van der Waals surface area contributed by atoms with Gasteiger partial charge in [-0.05, 0) is 45.5 Å². The van der Waals surface area contributed by atoms with Crippen LogP contribution in [0.4, 0.5) is 5.69 Å². The van der Waals surface area contributed by atoms with Gasteiger partial charge in [0.1, 0.15) is 0 Å². The number of hydrogen-bond donors (Lipinski definition) is 1. The second-order valence-corrected chi connectivity index (χ2v) is 5.30. The summed E-state index contributed by atoms with van der Waals surface area (Å²) in [6, 6.07) is 10.4. The van der Waals surface area contributed by atoms with Crippen LogP contribution in [-0.2, 0) is 4.79 Å². The largest absolute Gasteiger partial charge is 0.318 e. The zero-order valence-electron chi connectivity index (χ0n) is 12.5. The van der Waals surface area contributed by atoms with Gasteiger partial charge in [0.2, 0.25) is 5.91 Å². The van der Waals surface area contributed by atoms with Crippen molar-refractivity contribution in [2.75, 3.05) is 38.1 Å². The van der Waals surface area contributed by atoms with Gasteiger partial charge in [0.15, 0.2) is 0 Å². The number of carbonyl (C=O) groups is 1. The van der Waals surface area contributed by atoms with Gasteiger partial charge in [-0.1, -0.05) is 18.2 Å². The molecule has 2 rings (SSSR count). The van der Waals surface area contributed by atoms with E-state index < -0.39 is 0 Å². The first-order valence-corrected chi connectivity index (χ1v) is 7.50. The lowest BCUT2D eigenvalue weighted by molar-refractivity contribution is -0.119. The highest BCUT2D eigenvalue weighted by molar-refractivity contribution is 5.94. The molecule has 0 aromatic heterocycles. The van der Waals surface area contributed by atoms with Gasteiger partial charge in [0.05, 0.1) is 6.54 Å². The van der Waals surface area contributed by atoms with Crippen LogP contribution in [0.2, 0.25) is 0 Å². The van der Waals surface area contributed by atoms with Crippen LogP contribution in [0.3, 0.4) is 0 Å². The van der Waals surface area contributed by atoms with Crippen molar-refractivity contribution < 1.29 is 4.79 Å². The molecule has 1 heterocycles. The fourth-order valence-corrected chi connectivity index (χ4v) is 2.94. The van der Waals surface area contributed by atoms with E-state index in [2.05, 4.69) is 10.2 Å². The molecule has 1 aliphatic rings. The SMILES string of the molecule is CCN(C(=O)CN1CCCC1CNC)c1ccccc1. The maximum Gasteiger partial charge on any atom is 0.241 e. The smallest absolute Gasteiger partial charge is 0.241 e. The van der Waals surface area contributed by atoms with Crippen LogP contribution in [0.1, 0.15) is 19.8 Å². The minimum absolute atomic E-state index is 0.196. The van der Waals surface area contributed by atoms with Crippen molar-refractivity contribution >= 4 is 11.6 Å². The van der Waals surface area contributed by atoms with Gasteiger partial charge in [-0.3, -0.25) is 9.69 Å². The number of hydrogen-bond acceptors (Lipinski definition) is 3. The molecule has 1 amide bonds. The molecule has 1 saturated heterocycles. The third-order valence-electron chi connectivity index (χ3n) is 3.96. The minimum Gasteiger partial charge on any atom is -0.318 e. The third kappa shape index (κ3) is 3.58. The topological polar surface area (TPSA) is 35.6 Å². The number of nitrogens with one attached hydrogen (secondary N) is 1. The number of rotatable bonds is 6. The standard InChI is InChI=1S/C16H25N3O/c1-3-19(14-8-5-4-6-9-14)16(20)13-18-11-7-10-15(18)12-17-2/h4-6,8-9,15,17H,3,7,10-13H2,1-2H3. The van der Waals surface area contributed by atoms with E-state index in [4.69, 9.17) is 0 Å². The maximum absolute atomic E-state index is 12.5. The first-order chi connectivity index (χ1) is 9.76. The van der Waals surface area contributed by atoms with E-state index in [1.54, 1.807) is 0 Å². The third-order valence-corrected chi connectivity index (χ3v) is 3.96. The Morgan fingerprint density at radius 1 is 1.40 bits per heavy atom. The summed E-state index contributed by atoms with van der Waals surface area (Å²) in [5, 5.41) is 3.22. The second kappa shape index (κ2) is 7.41. The van der Waals surface area contributed by atoms with Gasteiger partial charge < -0.3 is 10.2 Å². The zero-order chi connectivity index (χ0) is 14.4. The first-order valence-electron chi connectivity index (χ1n) is 7.50. The average Bonchev–Trinajstić information content (AvgIpc) is 2.88. The molecular formula is C16H25N3O. The number of nitrogens with zero attached hydrogens (tertiary/aromatic N) is 2. The molecule has 1 aromatic carbocycles. The van der Waals surface area contributed by atoms with Crippen molar-refractivity contribution in [1.29, 1.82) is 0 Å². The molecule has 1 fully saturated rings. The summed E-state index contributed by atoms with van der Waals surface area (Å²) in [6.45, 7) is 5.26. The molecule has 0 aliphatic carbocycles. The highest BCUT2D eigenvalue weighted by Crippen LogP contribution is 2.18. The van der Waals surface area contributed by atoms with Crippen LogP contribution in [0.5, 0.6) is 0 Å². The Hall–Kier alpha value is -1.39. The van der Waals surface area contributed by atoms with Crippen LogP contribution >= 0.6 is 0 Å². The van der Waals surface area contributed by atoms with Crippen molar-refractivity contribution in [3.63, 3.8) is 0 Å². The summed E-state index contributed by atoms with van der Waals surface area (Å²) < 4.78 is 0. The van der Waals surface area contributed by atoms with Crippen LogP contribution in [0, 0.1) is 0 Å². The van der Waals surface area contributed by atoms with Gasteiger partial charge in [0.25, 0.3) is 0 Å². The Morgan fingerprint density at radius 2 is 2.15 bits per heavy atom. The van der Waals surface area contributed by atoms with Crippen LogP contribution < -0.4 is 10.2 Å².